The molecule has 1 saturated carbocycles. The Kier molecular flexibility index (Phi) is 3.82. The van der Waals surface area contributed by atoms with Crippen LogP contribution in [0.25, 0.3) is 0 Å². The van der Waals surface area contributed by atoms with Gasteiger partial charge in [0.05, 0.1) is 5.92 Å². The number of benzene rings is 1. The van der Waals surface area contributed by atoms with Crippen LogP contribution in [0.5, 0.6) is 0 Å². The van der Waals surface area contributed by atoms with E-state index in [1.165, 1.54) is 0 Å². The van der Waals surface area contributed by atoms with Gasteiger partial charge in [-0.1, -0.05) is 30.3 Å². The number of amides is 1. The highest BCUT2D eigenvalue weighted by Gasteiger charge is 2.45. The molecule has 1 aromatic rings. The van der Waals surface area contributed by atoms with Crippen LogP contribution in [0.15, 0.2) is 30.3 Å². The summed E-state index contributed by atoms with van der Waals surface area (Å²) in [4.78, 5) is 25.1. The second-order valence-corrected chi connectivity index (χ2v) is 5.86. The van der Waals surface area contributed by atoms with Crippen LogP contribution in [-0.2, 0) is 16.1 Å². The number of fused-ring (bicyclic) bond motifs is 2. The average Bonchev–Trinajstić information content (AvgIpc) is 2.82. The Labute approximate surface area is 123 Å². The van der Waals surface area contributed by atoms with Gasteiger partial charge in [0.2, 0.25) is 0 Å². The highest BCUT2D eigenvalue weighted by Crippen LogP contribution is 2.39. The summed E-state index contributed by atoms with van der Waals surface area (Å²) in [5, 5.41) is 9.20. The van der Waals surface area contributed by atoms with Crippen LogP contribution in [0.4, 0.5) is 4.79 Å². The van der Waals surface area contributed by atoms with Crippen molar-refractivity contribution in [1.82, 2.24) is 4.90 Å². The Morgan fingerprint density at radius 2 is 2.00 bits per heavy atom. The molecule has 1 saturated heterocycles. The minimum absolute atomic E-state index is 0.0746. The quantitative estimate of drug-likeness (QED) is 0.928. The molecule has 0 spiro atoms. The number of rotatable bonds is 3. The normalized spacial score (nSPS) is 27.4. The molecule has 5 nitrogen and oxygen atoms in total. The smallest absolute Gasteiger partial charge is 0.410 e. The van der Waals surface area contributed by atoms with Crippen LogP contribution in [0, 0.1) is 11.8 Å². The molecule has 0 aromatic heterocycles. The number of ether oxygens (including phenoxy) is 1. The molecule has 2 fully saturated rings. The summed E-state index contributed by atoms with van der Waals surface area (Å²) in [6, 6.07) is 9.70. The first-order valence-electron chi connectivity index (χ1n) is 7.35. The number of carboxylic acids is 1. The molecular formula is C16H19NO4. The van der Waals surface area contributed by atoms with Crippen molar-refractivity contribution in [2.45, 2.75) is 31.9 Å². The van der Waals surface area contributed by atoms with Crippen LogP contribution in [0.2, 0.25) is 0 Å². The maximum atomic E-state index is 12.2. The second kappa shape index (κ2) is 5.76. The summed E-state index contributed by atoms with van der Waals surface area (Å²) in [5.74, 6) is -0.975. The number of likely N-dealkylation sites (tertiary alicyclic amines) is 1. The molecule has 3 atom stereocenters. The van der Waals surface area contributed by atoms with Crippen molar-refractivity contribution in [2.24, 2.45) is 11.8 Å². The van der Waals surface area contributed by atoms with Gasteiger partial charge in [-0.3, -0.25) is 4.79 Å². The van der Waals surface area contributed by atoms with Gasteiger partial charge in [0.1, 0.15) is 6.61 Å². The van der Waals surface area contributed by atoms with Gasteiger partial charge in [0, 0.05) is 12.6 Å². The molecule has 5 heteroatoms. The minimum Gasteiger partial charge on any atom is -0.481 e. The van der Waals surface area contributed by atoms with E-state index in [1.807, 2.05) is 30.3 Å². The third-order valence-corrected chi connectivity index (χ3v) is 4.58. The Morgan fingerprint density at radius 3 is 2.71 bits per heavy atom. The molecule has 1 aliphatic carbocycles. The van der Waals surface area contributed by atoms with Gasteiger partial charge in [-0.05, 0) is 30.7 Å². The molecule has 112 valence electrons. The highest BCUT2D eigenvalue weighted by molar-refractivity contribution is 5.72. The fourth-order valence-corrected chi connectivity index (χ4v) is 3.48. The lowest BCUT2D eigenvalue weighted by molar-refractivity contribution is -0.144. The largest absolute Gasteiger partial charge is 0.481 e. The number of carbonyl (C=O) groups excluding carboxylic acids is 1. The molecule has 1 heterocycles. The van der Waals surface area contributed by atoms with E-state index in [-0.39, 0.29) is 30.6 Å². The summed E-state index contributed by atoms with van der Waals surface area (Å²) < 4.78 is 5.36. The second-order valence-electron chi connectivity index (χ2n) is 5.86. The van der Waals surface area contributed by atoms with Gasteiger partial charge >= 0.3 is 12.1 Å². The SMILES string of the molecule is O=C(O)C1CCC2CC1CN2C(=O)OCc1ccccc1. The van der Waals surface area contributed by atoms with Crippen molar-refractivity contribution >= 4 is 12.1 Å². The molecular weight excluding hydrogens is 270 g/mol. The lowest BCUT2D eigenvalue weighted by Crippen LogP contribution is -2.35. The van der Waals surface area contributed by atoms with Crippen molar-refractivity contribution in [3.63, 3.8) is 0 Å². The Morgan fingerprint density at radius 1 is 1.24 bits per heavy atom. The summed E-state index contributed by atoms with van der Waals surface area (Å²) in [7, 11) is 0. The average molecular weight is 289 g/mol. The zero-order valence-corrected chi connectivity index (χ0v) is 11.8. The standard InChI is InChI=1S/C16H19NO4/c18-15(19)14-7-6-13-8-12(14)9-17(13)16(20)21-10-11-4-2-1-3-5-11/h1-5,12-14H,6-10H2,(H,18,19). The first-order valence-corrected chi connectivity index (χ1v) is 7.35. The minimum atomic E-state index is -0.738. The van der Waals surface area contributed by atoms with E-state index < -0.39 is 5.97 Å². The van der Waals surface area contributed by atoms with Crippen molar-refractivity contribution < 1.29 is 19.4 Å². The third kappa shape index (κ3) is 2.86. The number of carboxylic acid groups (broad SMARTS) is 1. The van der Waals surface area contributed by atoms with Crippen LogP contribution in [0.1, 0.15) is 24.8 Å². The van der Waals surface area contributed by atoms with E-state index in [4.69, 9.17) is 4.74 Å². The Bertz CT molecular complexity index is 530. The van der Waals surface area contributed by atoms with E-state index in [1.54, 1.807) is 4.90 Å². The Balaban J connectivity index is 1.58. The molecule has 21 heavy (non-hydrogen) atoms. The summed E-state index contributed by atoms with van der Waals surface area (Å²) in [6.07, 6.45) is 1.88. The van der Waals surface area contributed by atoms with Crippen molar-refractivity contribution in [3.8, 4) is 0 Å². The molecule has 1 aliphatic heterocycles. The van der Waals surface area contributed by atoms with Gasteiger partial charge in [-0.15, -0.1) is 0 Å². The third-order valence-electron chi connectivity index (χ3n) is 4.58. The first kappa shape index (κ1) is 13.9. The molecule has 1 amide bonds. The van der Waals surface area contributed by atoms with Gasteiger partial charge in [-0.25, -0.2) is 4.79 Å². The van der Waals surface area contributed by atoms with Crippen LogP contribution in [0.3, 0.4) is 0 Å². The van der Waals surface area contributed by atoms with E-state index >= 15 is 0 Å². The maximum absolute atomic E-state index is 12.2. The number of nitrogens with zero attached hydrogens (tertiary/aromatic N) is 1. The van der Waals surface area contributed by atoms with Crippen molar-refractivity contribution in [2.75, 3.05) is 6.54 Å². The van der Waals surface area contributed by atoms with Crippen LogP contribution < -0.4 is 0 Å². The summed E-state index contributed by atoms with van der Waals surface area (Å²) >= 11 is 0. The van der Waals surface area contributed by atoms with Gasteiger partial charge < -0.3 is 14.7 Å². The number of aliphatic carboxylic acids is 1. The fraction of sp³-hybridized carbons (Fsp3) is 0.500. The lowest BCUT2D eigenvalue weighted by atomic mass is 9.80. The topological polar surface area (TPSA) is 66.8 Å². The van der Waals surface area contributed by atoms with Crippen LogP contribution >= 0.6 is 0 Å². The monoisotopic (exact) mass is 289 g/mol. The highest BCUT2D eigenvalue weighted by atomic mass is 16.6. The van der Waals surface area contributed by atoms with Gasteiger partial charge in [0.25, 0.3) is 0 Å². The fourth-order valence-electron chi connectivity index (χ4n) is 3.48. The van der Waals surface area contributed by atoms with E-state index in [9.17, 15) is 14.7 Å². The number of hydrogen-bond acceptors (Lipinski definition) is 3. The predicted molar refractivity (Wildman–Crippen MR) is 75.6 cm³/mol. The van der Waals surface area contributed by atoms with Gasteiger partial charge in [-0.2, -0.15) is 0 Å². The van der Waals surface area contributed by atoms with Crippen molar-refractivity contribution in [1.29, 1.82) is 0 Å². The first-order chi connectivity index (χ1) is 10.1. The van der Waals surface area contributed by atoms with E-state index in [0.717, 1.165) is 18.4 Å². The number of hydrogen-bond donors (Lipinski definition) is 1. The molecule has 2 bridgehead atoms. The molecule has 1 N–H and O–H groups in total. The molecule has 0 radical (unpaired) electrons. The zero-order chi connectivity index (χ0) is 14.8. The maximum Gasteiger partial charge on any atom is 0.410 e. The Hall–Kier alpha value is -2.04. The molecule has 2 aliphatic rings. The zero-order valence-electron chi connectivity index (χ0n) is 11.8. The molecule has 3 rings (SSSR count). The lowest BCUT2D eigenvalue weighted by Gasteiger charge is -2.25. The molecule has 1 aromatic carbocycles. The predicted octanol–water partition coefficient (Wildman–Crippen LogP) is 2.51. The van der Waals surface area contributed by atoms with Crippen LogP contribution in [-0.4, -0.2) is 34.7 Å². The van der Waals surface area contributed by atoms with E-state index in [0.29, 0.717) is 13.0 Å². The summed E-state index contributed by atoms with van der Waals surface area (Å²) in [6.45, 7) is 0.769. The number of carbonyl (C=O) groups is 2. The van der Waals surface area contributed by atoms with Crippen molar-refractivity contribution in [3.05, 3.63) is 35.9 Å². The van der Waals surface area contributed by atoms with Gasteiger partial charge in [0.15, 0.2) is 0 Å². The summed E-state index contributed by atoms with van der Waals surface area (Å²) in [5.41, 5.74) is 0.955. The molecule has 3 unspecified atom stereocenters. The van der Waals surface area contributed by atoms with E-state index in [2.05, 4.69) is 0 Å².